The van der Waals surface area contributed by atoms with E-state index in [4.69, 9.17) is 11.6 Å². The van der Waals surface area contributed by atoms with Crippen LogP contribution in [0, 0.1) is 0 Å². The number of rotatable bonds is 2. The molecule has 0 unspecified atom stereocenters. The van der Waals surface area contributed by atoms with E-state index in [9.17, 15) is 4.79 Å². The lowest BCUT2D eigenvalue weighted by atomic mass is 10.2. The first-order chi connectivity index (χ1) is 10.1. The van der Waals surface area contributed by atoms with Gasteiger partial charge in [-0.2, -0.15) is 0 Å². The first-order valence-electron chi connectivity index (χ1n) is 7.47. The van der Waals surface area contributed by atoms with Gasteiger partial charge in [0.15, 0.2) is 0 Å². The van der Waals surface area contributed by atoms with Crippen LogP contribution in [0.3, 0.4) is 0 Å². The van der Waals surface area contributed by atoms with Crippen LogP contribution in [-0.4, -0.2) is 77.9 Å². The number of hydrogen-bond donors (Lipinski definition) is 0. The molecule has 1 amide bonds. The highest BCUT2D eigenvalue weighted by atomic mass is 35.5. The fourth-order valence-corrected chi connectivity index (χ4v) is 3.19. The molecular weight excluding hydrogens is 288 g/mol. The van der Waals surface area contributed by atoms with Gasteiger partial charge in [-0.3, -0.25) is 9.69 Å². The molecule has 21 heavy (non-hydrogen) atoms. The zero-order valence-corrected chi connectivity index (χ0v) is 13.1. The minimum atomic E-state index is 0.0169. The molecule has 3 heterocycles. The van der Waals surface area contributed by atoms with Crippen molar-refractivity contribution >= 4 is 17.5 Å². The van der Waals surface area contributed by atoms with Crippen molar-refractivity contribution < 1.29 is 4.79 Å². The summed E-state index contributed by atoms with van der Waals surface area (Å²) < 4.78 is 0. The van der Waals surface area contributed by atoms with Crippen LogP contribution in [-0.2, 0) is 0 Å². The zero-order chi connectivity index (χ0) is 14.8. The van der Waals surface area contributed by atoms with Crippen LogP contribution in [0.25, 0.3) is 0 Å². The number of nitrogens with zero attached hydrogens (tertiary/aromatic N) is 4. The molecule has 3 rings (SSSR count). The number of carbonyl (C=O) groups is 1. The predicted molar refractivity (Wildman–Crippen MR) is 82.6 cm³/mol. The van der Waals surface area contributed by atoms with Gasteiger partial charge in [0, 0.05) is 51.5 Å². The minimum Gasteiger partial charge on any atom is -0.336 e. The van der Waals surface area contributed by atoms with E-state index < -0.39 is 0 Å². The predicted octanol–water partition coefficient (Wildman–Crippen LogP) is 1.20. The van der Waals surface area contributed by atoms with Gasteiger partial charge in [-0.05, 0) is 25.6 Å². The third-order valence-corrected chi connectivity index (χ3v) is 4.67. The van der Waals surface area contributed by atoms with E-state index in [1.807, 2.05) is 4.90 Å². The first-order valence-corrected chi connectivity index (χ1v) is 7.85. The summed E-state index contributed by atoms with van der Waals surface area (Å²) in [5.74, 6) is 0.0169. The van der Waals surface area contributed by atoms with Crippen LogP contribution in [0.5, 0.6) is 0 Å². The van der Waals surface area contributed by atoms with Crippen molar-refractivity contribution in [1.29, 1.82) is 0 Å². The second-order valence-electron chi connectivity index (χ2n) is 5.89. The molecule has 1 aromatic heterocycles. The quantitative estimate of drug-likeness (QED) is 0.823. The van der Waals surface area contributed by atoms with Gasteiger partial charge in [0.05, 0.1) is 5.02 Å². The van der Waals surface area contributed by atoms with E-state index in [1.165, 1.54) is 6.20 Å². The van der Waals surface area contributed by atoms with E-state index in [0.29, 0.717) is 16.8 Å². The number of amides is 1. The number of aromatic nitrogens is 1. The van der Waals surface area contributed by atoms with Crippen LogP contribution in [0.2, 0.25) is 5.02 Å². The minimum absolute atomic E-state index is 0.0169. The van der Waals surface area contributed by atoms with Crippen molar-refractivity contribution in [3.05, 3.63) is 29.0 Å². The molecule has 0 aromatic carbocycles. The Morgan fingerprint density at radius 1 is 1.24 bits per heavy atom. The summed E-state index contributed by atoms with van der Waals surface area (Å²) in [6, 6.07) is 3.92. The van der Waals surface area contributed by atoms with Crippen molar-refractivity contribution in [3.63, 3.8) is 0 Å². The van der Waals surface area contributed by atoms with Crippen molar-refractivity contribution in [2.75, 3.05) is 46.3 Å². The smallest absolute Gasteiger partial charge is 0.272 e. The average Bonchev–Trinajstić information content (AvgIpc) is 2.98. The highest BCUT2D eigenvalue weighted by molar-refractivity contribution is 6.30. The Kier molecular flexibility index (Phi) is 4.42. The normalized spacial score (nSPS) is 24.5. The number of pyridine rings is 1. The molecule has 1 aromatic rings. The van der Waals surface area contributed by atoms with Crippen LogP contribution < -0.4 is 0 Å². The lowest BCUT2D eigenvalue weighted by Crippen LogP contribution is -2.50. The number of carbonyl (C=O) groups excluding carboxylic acids is 1. The molecule has 0 spiro atoms. The Balaban J connectivity index is 1.59. The summed E-state index contributed by atoms with van der Waals surface area (Å²) >= 11 is 5.81. The van der Waals surface area contributed by atoms with Gasteiger partial charge in [0.25, 0.3) is 5.91 Å². The van der Waals surface area contributed by atoms with E-state index in [1.54, 1.807) is 12.1 Å². The molecule has 2 aliphatic heterocycles. The molecule has 1 atom stereocenters. The van der Waals surface area contributed by atoms with Gasteiger partial charge in [-0.25, -0.2) is 4.98 Å². The van der Waals surface area contributed by atoms with Gasteiger partial charge >= 0.3 is 0 Å². The first kappa shape index (κ1) is 14.8. The molecule has 0 N–H and O–H groups in total. The fraction of sp³-hybridized carbons (Fsp3) is 0.600. The number of hydrogen-bond acceptors (Lipinski definition) is 4. The van der Waals surface area contributed by atoms with Crippen molar-refractivity contribution in [1.82, 2.24) is 19.7 Å². The summed E-state index contributed by atoms with van der Waals surface area (Å²) in [6.07, 6.45) is 2.59. The molecule has 2 saturated heterocycles. The number of likely N-dealkylation sites (tertiary alicyclic amines) is 1. The molecule has 114 valence electrons. The lowest BCUT2D eigenvalue weighted by Gasteiger charge is -2.36. The lowest BCUT2D eigenvalue weighted by molar-refractivity contribution is 0.0750. The highest BCUT2D eigenvalue weighted by Gasteiger charge is 2.32. The van der Waals surface area contributed by atoms with Gasteiger partial charge in [0.1, 0.15) is 5.69 Å². The monoisotopic (exact) mass is 308 g/mol. The van der Waals surface area contributed by atoms with Gasteiger partial charge in [-0.1, -0.05) is 11.6 Å². The topological polar surface area (TPSA) is 39.7 Å². The molecule has 0 aliphatic carbocycles. The maximum atomic E-state index is 12.4. The molecule has 0 radical (unpaired) electrons. The summed E-state index contributed by atoms with van der Waals surface area (Å²) in [5.41, 5.74) is 0.485. The third kappa shape index (κ3) is 3.36. The standard InChI is InChI=1S/C15H21ClN4O/c1-18-6-8-19(9-7-18)13-4-5-20(11-13)15(21)14-3-2-12(16)10-17-14/h2-3,10,13H,4-9,11H2,1H3/t13-/m1/s1. The Morgan fingerprint density at radius 3 is 2.67 bits per heavy atom. The average molecular weight is 309 g/mol. The molecule has 2 aliphatic rings. The molecule has 2 fully saturated rings. The number of halogens is 1. The summed E-state index contributed by atoms with van der Waals surface area (Å²) in [7, 11) is 2.16. The van der Waals surface area contributed by atoms with E-state index in [2.05, 4.69) is 21.8 Å². The maximum Gasteiger partial charge on any atom is 0.272 e. The van der Waals surface area contributed by atoms with Crippen molar-refractivity contribution in [2.24, 2.45) is 0 Å². The van der Waals surface area contributed by atoms with Gasteiger partial charge in [-0.15, -0.1) is 0 Å². The molecule has 0 saturated carbocycles. The van der Waals surface area contributed by atoms with Gasteiger partial charge < -0.3 is 9.80 Å². The Hall–Kier alpha value is -1.17. The SMILES string of the molecule is CN1CCN([C@@H]2CCN(C(=O)c3ccc(Cl)cn3)C2)CC1. The molecule has 5 nitrogen and oxygen atoms in total. The summed E-state index contributed by atoms with van der Waals surface area (Å²) in [4.78, 5) is 23.3. The maximum absolute atomic E-state index is 12.4. The zero-order valence-electron chi connectivity index (χ0n) is 12.3. The van der Waals surface area contributed by atoms with Crippen LogP contribution in [0.15, 0.2) is 18.3 Å². The second-order valence-corrected chi connectivity index (χ2v) is 6.33. The highest BCUT2D eigenvalue weighted by Crippen LogP contribution is 2.19. The number of piperazine rings is 1. The Morgan fingerprint density at radius 2 is 2.00 bits per heavy atom. The van der Waals surface area contributed by atoms with Gasteiger partial charge in [0.2, 0.25) is 0 Å². The van der Waals surface area contributed by atoms with E-state index >= 15 is 0 Å². The number of likely N-dealkylation sites (N-methyl/N-ethyl adjacent to an activating group) is 1. The fourth-order valence-electron chi connectivity index (χ4n) is 3.08. The third-order valence-electron chi connectivity index (χ3n) is 4.45. The van der Waals surface area contributed by atoms with Crippen molar-refractivity contribution in [3.8, 4) is 0 Å². The van der Waals surface area contributed by atoms with Crippen LogP contribution in [0.4, 0.5) is 0 Å². The molecule has 0 bridgehead atoms. The van der Waals surface area contributed by atoms with E-state index in [-0.39, 0.29) is 5.91 Å². The van der Waals surface area contributed by atoms with Crippen molar-refractivity contribution in [2.45, 2.75) is 12.5 Å². The molecular formula is C15H21ClN4O. The molecule has 6 heteroatoms. The van der Waals surface area contributed by atoms with Crippen LogP contribution >= 0.6 is 11.6 Å². The largest absolute Gasteiger partial charge is 0.336 e. The second kappa shape index (κ2) is 6.30. The Labute approximate surface area is 130 Å². The summed E-state index contributed by atoms with van der Waals surface area (Å²) in [6.45, 7) is 6.06. The van der Waals surface area contributed by atoms with E-state index in [0.717, 1.165) is 45.7 Å². The summed E-state index contributed by atoms with van der Waals surface area (Å²) in [5, 5.41) is 0.559. The van der Waals surface area contributed by atoms with Crippen LogP contribution in [0.1, 0.15) is 16.9 Å². The Bertz CT molecular complexity index is 499.